The van der Waals surface area contributed by atoms with Crippen molar-refractivity contribution in [3.63, 3.8) is 0 Å². The summed E-state index contributed by atoms with van der Waals surface area (Å²) in [4.78, 5) is 14.0. The van der Waals surface area contributed by atoms with Crippen molar-refractivity contribution in [1.29, 1.82) is 0 Å². The number of aromatic nitrogens is 1. The van der Waals surface area contributed by atoms with Gasteiger partial charge in [-0.1, -0.05) is 12.1 Å². The molecule has 7 nitrogen and oxygen atoms in total. The first-order valence-electron chi connectivity index (χ1n) is 11.0. The van der Waals surface area contributed by atoms with Crippen LogP contribution < -0.4 is 15.5 Å². The second-order valence-electron chi connectivity index (χ2n) is 7.92. The third-order valence-corrected chi connectivity index (χ3v) is 5.80. The topological polar surface area (TPSA) is 68.9 Å². The Morgan fingerprint density at radius 1 is 1.10 bits per heavy atom. The molecule has 164 valence electrons. The zero-order chi connectivity index (χ0) is 21.5. The molecule has 1 aliphatic heterocycles. The molecule has 0 spiro atoms. The van der Waals surface area contributed by atoms with Gasteiger partial charge in [-0.3, -0.25) is 4.90 Å². The lowest BCUT2D eigenvalue weighted by molar-refractivity contribution is 0.261. The Hall–Kier alpha value is -2.54. The lowest BCUT2D eigenvalue weighted by atomic mass is 10.1. The summed E-state index contributed by atoms with van der Waals surface area (Å²) in [5, 5.41) is 6.73. The Morgan fingerprint density at radius 2 is 1.87 bits per heavy atom. The number of hydrogen-bond donors (Lipinski definition) is 2. The molecule has 0 aliphatic carbocycles. The van der Waals surface area contributed by atoms with Gasteiger partial charge < -0.3 is 20.0 Å². The Labute approximate surface area is 180 Å². The predicted octanol–water partition coefficient (Wildman–Crippen LogP) is 2.79. The van der Waals surface area contributed by atoms with E-state index in [9.17, 15) is 0 Å². The molecule has 0 unspecified atom stereocenters. The van der Waals surface area contributed by atoms with Gasteiger partial charge in [0.15, 0.2) is 5.96 Å². The lowest BCUT2D eigenvalue weighted by Crippen LogP contribution is -2.49. The van der Waals surface area contributed by atoms with Crippen LogP contribution in [0.4, 0.5) is 5.69 Å². The standard InChI is InChI=1S/C23H36N6O/c1-6-24-23(26-16-22-27-19(4)20(5)30-22)25-10-11-28-12-14-29(15-13-28)21-9-7-8-17(2)18(21)3/h7-9H,6,10-16H2,1-5H3,(H2,24,25,26). The summed E-state index contributed by atoms with van der Waals surface area (Å²) in [6, 6.07) is 6.60. The average Bonchev–Trinajstić information content (AvgIpc) is 3.06. The largest absolute Gasteiger partial charge is 0.444 e. The van der Waals surface area contributed by atoms with Crippen molar-refractivity contribution in [3.8, 4) is 0 Å². The van der Waals surface area contributed by atoms with Crippen molar-refractivity contribution < 1.29 is 4.42 Å². The van der Waals surface area contributed by atoms with Gasteiger partial charge in [-0.25, -0.2) is 9.98 Å². The SMILES string of the molecule is CCNC(=NCc1nc(C)c(C)o1)NCCN1CCN(c2cccc(C)c2C)CC1. The molecule has 2 N–H and O–H groups in total. The molecule has 2 heterocycles. The first-order valence-corrected chi connectivity index (χ1v) is 11.0. The van der Waals surface area contributed by atoms with Crippen LogP contribution in [0.1, 0.15) is 35.4 Å². The minimum Gasteiger partial charge on any atom is -0.444 e. The number of nitrogens with one attached hydrogen (secondary N) is 2. The van der Waals surface area contributed by atoms with E-state index in [1.165, 1.54) is 16.8 Å². The van der Waals surface area contributed by atoms with E-state index >= 15 is 0 Å². The Morgan fingerprint density at radius 3 is 2.53 bits per heavy atom. The monoisotopic (exact) mass is 412 g/mol. The van der Waals surface area contributed by atoms with Crippen molar-refractivity contribution in [2.24, 2.45) is 4.99 Å². The average molecular weight is 413 g/mol. The maximum Gasteiger partial charge on any atom is 0.216 e. The van der Waals surface area contributed by atoms with Crippen molar-refractivity contribution in [2.45, 2.75) is 41.2 Å². The van der Waals surface area contributed by atoms with Gasteiger partial charge in [-0.2, -0.15) is 0 Å². The van der Waals surface area contributed by atoms with E-state index in [1.807, 2.05) is 13.8 Å². The highest BCUT2D eigenvalue weighted by Gasteiger charge is 2.18. The molecule has 1 aliphatic rings. The van der Waals surface area contributed by atoms with Crippen LogP contribution >= 0.6 is 0 Å². The highest BCUT2D eigenvalue weighted by molar-refractivity contribution is 5.79. The van der Waals surface area contributed by atoms with Gasteiger partial charge >= 0.3 is 0 Å². The molecule has 3 rings (SSSR count). The highest BCUT2D eigenvalue weighted by atomic mass is 16.4. The van der Waals surface area contributed by atoms with Crippen molar-refractivity contribution >= 4 is 11.6 Å². The van der Waals surface area contributed by atoms with E-state index in [4.69, 9.17) is 4.42 Å². The van der Waals surface area contributed by atoms with Crippen molar-refractivity contribution in [2.75, 3.05) is 50.7 Å². The predicted molar refractivity (Wildman–Crippen MR) is 123 cm³/mol. The smallest absolute Gasteiger partial charge is 0.216 e. The van der Waals surface area contributed by atoms with Crippen LogP contribution in [0, 0.1) is 27.7 Å². The molecule has 0 bridgehead atoms. The van der Waals surface area contributed by atoms with Gasteiger partial charge in [0, 0.05) is 51.5 Å². The maximum absolute atomic E-state index is 5.62. The van der Waals surface area contributed by atoms with Crippen LogP contribution in [0.3, 0.4) is 0 Å². The minimum absolute atomic E-state index is 0.443. The Bertz CT molecular complexity index is 832. The van der Waals surface area contributed by atoms with Crippen LogP contribution in [-0.2, 0) is 6.54 Å². The zero-order valence-corrected chi connectivity index (χ0v) is 19.1. The van der Waals surface area contributed by atoms with Crippen molar-refractivity contribution in [1.82, 2.24) is 20.5 Å². The molecule has 1 fully saturated rings. The number of nitrogens with zero attached hydrogens (tertiary/aromatic N) is 4. The highest BCUT2D eigenvalue weighted by Crippen LogP contribution is 2.23. The second-order valence-corrected chi connectivity index (χ2v) is 7.92. The summed E-state index contributed by atoms with van der Waals surface area (Å²) in [5.74, 6) is 2.32. The van der Waals surface area contributed by atoms with E-state index in [0.29, 0.717) is 12.4 Å². The van der Waals surface area contributed by atoms with E-state index < -0.39 is 0 Å². The van der Waals surface area contributed by atoms with Gasteiger partial charge in [0.25, 0.3) is 0 Å². The van der Waals surface area contributed by atoms with Crippen LogP contribution in [0.2, 0.25) is 0 Å². The molecule has 0 saturated carbocycles. The second kappa shape index (κ2) is 10.5. The molecule has 0 amide bonds. The molecule has 0 radical (unpaired) electrons. The fraction of sp³-hybridized carbons (Fsp3) is 0.565. The number of piperazine rings is 1. The summed E-state index contributed by atoms with van der Waals surface area (Å²) in [6.45, 7) is 17.8. The summed E-state index contributed by atoms with van der Waals surface area (Å²) in [6.07, 6.45) is 0. The number of aliphatic imine (C=N–C) groups is 1. The molecule has 1 aromatic heterocycles. The number of aryl methyl sites for hydroxylation is 3. The first-order chi connectivity index (χ1) is 14.5. The van der Waals surface area contributed by atoms with Gasteiger partial charge in [-0.05, 0) is 51.8 Å². The number of hydrogen-bond acceptors (Lipinski definition) is 5. The number of benzene rings is 1. The van der Waals surface area contributed by atoms with Gasteiger partial charge in [0.2, 0.25) is 5.89 Å². The molecule has 1 saturated heterocycles. The number of anilines is 1. The zero-order valence-electron chi connectivity index (χ0n) is 19.1. The first kappa shape index (κ1) is 22.2. The molecule has 0 atom stereocenters. The number of rotatable bonds is 7. The quantitative estimate of drug-likeness (QED) is 0.538. The summed E-state index contributed by atoms with van der Waals surface area (Å²) >= 11 is 0. The molecule has 7 heteroatoms. The van der Waals surface area contributed by atoms with Crippen LogP contribution in [-0.4, -0.2) is 61.7 Å². The molecule has 2 aromatic rings. The Balaban J connectivity index is 1.44. The number of oxazole rings is 1. The number of guanidine groups is 1. The fourth-order valence-electron chi connectivity index (χ4n) is 3.72. The molecular formula is C23H36N6O. The van der Waals surface area contributed by atoms with Crippen molar-refractivity contribution in [3.05, 3.63) is 46.7 Å². The maximum atomic E-state index is 5.62. The molecular weight excluding hydrogens is 376 g/mol. The van der Waals surface area contributed by atoms with Gasteiger partial charge in [-0.15, -0.1) is 0 Å². The lowest BCUT2D eigenvalue weighted by Gasteiger charge is -2.37. The summed E-state index contributed by atoms with van der Waals surface area (Å²) in [7, 11) is 0. The minimum atomic E-state index is 0.443. The third-order valence-electron chi connectivity index (χ3n) is 5.80. The van der Waals surface area contributed by atoms with E-state index in [0.717, 1.165) is 63.2 Å². The van der Waals surface area contributed by atoms with E-state index in [2.05, 4.69) is 69.4 Å². The third kappa shape index (κ3) is 5.75. The fourth-order valence-corrected chi connectivity index (χ4v) is 3.72. The molecule has 1 aromatic carbocycles. The van der Waals surface area contributed by atoms with Crippen LogP contribution in [0.5, 0.6) is 0 Å². The molecule has 30 heavy (non-hydrogen) atoms. The normalized spacial score (nSPS) is 15.5. The Kier molecular flexibility index (Phi) is 7.74. The van der Waals surface area contributed by atoms with E-state index in [-0.39, 0.29) is 0 Å². The summed E-state index contributed by atoms with van der Waals surface area (Å²) in [5.41, 5.74) is 5.07. The van der Waals surface area contributed by atoms with Crippen LogP contribution in [0.25, 0.3) is 0 Å². The summed E-state index contributed by atoms with van der Waals surface area (Å²) < 4.78 is 5.62. The van der Waals surface area contributed by atoms with E-state index in [1.54, 1.807) is 0 Å². The van der Waals surface area contributed by atoms with Gasteiger partial charge in [0.1, 0.15) is 12.3 Å². The van der Waals surface area contributed by atoms with Crippen LogP contribution in [0.15, 0.2) is 27.6 Å². The van der Waals surface area contributed by atoms with Gasteiger partial charge in [0.05, 0.1) is 5.69 Å².